The molecule has 0 saturated carbocycles. The van der Waals surface area contributed by atoms with Crippen LogP contribution in [0.15, 0.2) is 40.1 Å². The van der Waals surface area contributed by atoms with Crippen molar-refractivity contribution in [2.75, 3.05) is 0 Å². The van der Waals surface area contributed by atoms with Gasteiger partial charge in [-0.1, -0.05) is 23.2 Å². The number of thiophene rings is 1. The number of hydrogen-bond acceptors (Lipinski definition) is 4. The molecule has 0 aliphatic carbocycles. The fourth-order valence-corrected chi connectivity index (χ4v) is 3.00. The molecule has 0 fully saturated rings. The lowest BCUT2D eigenvalue weighted by Gasteiger charge is -2.03. The third-order valence-electron chi connectivity index (χ3n) is 2.69. The first kappa shape index (κ1) is 14.5. The topological polar surface area (TPSA) is 46.0 Å². The van der Waals surface area contributed by atoms with Crippen molar-refractivity contribution in [3.63, 3.8) is 0 Å². The molecular formula is C13H8Cl2N4S2. The average Bonchev–Trinajstić information content (AvgIpc) is 3.07. The predicted molar refractivity (Wildman–Crippen MR) is 90.2 cm³/mol. The second kappa shape index (κ2) is 6.11. The van der Waals surface area contributed by atoms with Crippen molar-refractivity contribution in [2.24, 2.45) is 5.10 Å². The van der Waals surface area contributed by atoms with Crippen molar-refractivity contribution >= 4 is 53.0 Å². The van der Waals surface area contributed by atoms with E-state index in [0.29, 0.717) is 26.2 Å². The van der Waals surface area contributed by atoms with Crippen molar-refractivity contribution in [3.8, 4) is 11.4 Å². The molecule has 0 radical (unpaired) electrons. The summed E-state index contributed by atoms with van der Waals surface area (Å²) in [5, 5.41) is 16.3. The minimum Gasteiger partial charge on any atom is -0.250 e. The molecule has 0 atom stereocenters. The Hall–Kier alpha value is -1.47. The highest BCUT2D eigenvalue weighted by molar-refractivity contribution is 7.71. The molecule has 3 rings (SSSR count). The molecule has 4 nitrogen and oxygen atoms in total. The number of halogens is 2. The van der Waals surface area contributed by atoms with Crippen LogP contribution in [-0.4, -0.2) is 21.1 Å². The highest BCUT2D eigenvalue weighted by Gasteiger charge is 2.12. The lowest BCUT2D eigenvalue weighted by atomic mass is 10.2. The number of nitrogens with one attached hydrogen (secondary N) is 1. The second-order valence-corrected chi connectivity index (χ2v) is 6.10. The van der Waals surface area contributed by atoms with Crippen LogP contribution in [0.5, 0.6) is 0 Å². The molecule has 0 saturated heterocycles. The number of aromatic amines is 1. The minimum atomic E-state index is 0.391. The monoisotopic (exact) mass is 354 g/mol. The van der Waals surface area contributed by atoms with Gasteiger partial charge in [-0.2, -0.15) is 26.2 Å². The van der Waals surface area contributed by atoms with E-state index in [2.05, 4.69) is 15.3 Å². The van der Waals surface area contributed by atoms with E-state index in [1.165, 1.54) is 4.68 Å². The highest BCUT2D eigenvalue weighted by atomic mass is 35.5. The van der Waals surface area contributed by atoms with Gasteiger partial charge in [0.2, 0.25) is 4.77 Å². The van der Waals surface area contributed by atoms with E-state index in [-0.39, 0.29) is 0 Å². The Morgan fingerprint density at radius 2 is 2.19 bits per heavy atom. The fourth-order valence-electron chi connectivity index (χ4n) is 1.72. The van der Waals surface area contributed by atoms with Gasteiger partial charge in [-0.3, -0.25) is 0 Å². The van der Waals surface area contributed by atoms with Crippen molar-refractivity contribution in [3.05, 3.63) is 55.4 Å². The zero-order chi connectivity index (χ0) is 14.8. The zero-order valence-electron chi connectivity index (χ0n) is 10.5. The smallest absolute Gasteiger partial charge is 0.216 e. The number of hydrogen-bond donors (Lipinski definition) is 1. The second-order valence-electron chi connectivity index (χ2n) is 4.09. The van der Waals surface area contributed by atoms with Crippen LogP contribution in [0.25, 0.3) is 11.4 Å². The minimum absolute atomic E-state index is 0.391. The maximum absolute atomic E-state index is 6.21. The van der Waals surface area contributed by atoms with E-state index in [9.17, 15) is 0 Å². The summed E-state index contributed by atoms with van der Waals surface area (Å²) >= 11 is 18.9. The van der Waals surface area contributed by atoms with Gasteiger partial charge >= 0.3 is 0 Å². The predicted octanol–water partition coefficient (Wildman–Crippen LogP) is 4.86. The van der Waals surface area contributed by atoms with Crippen molar-refractivity contribution < 1.29 is 0 Å². The molecule has 1 aromatic carbocycles. The van der Waals surface area contributed by atoms with E-state index >= 15 is 0 Å². The molecule has 0 spiro atoms. The van der Waals surface area contributed by atoms with Gasteiger partial charge in [0, 0.05) is 16.1 Å². The molecule has 0 aliphatic rings. The van der Waals surface area contributed by atoms with Crippen LogP contribution < -0.4 is 0 Å². The molecule has 21 heavy (non-hydrogen) atoms. The third-order valence-corrected chi connectivity index (χ3v) is 4.20. The molecule has 0 unspecified atom stereocenters. The van der Waals surface area contributed by atoms with Gasteiger partial charge in [-0.25, -0.2) is 5.10 Å². The van der Waals surface area contributed by atoms with Crippen molar-refractivity contribution in [1.29, 1.82) is 0 Å². The SMILES string of the molecule is S=c1[nH]nc(-c2ccc(Cl)cc2Cl)n1/N=C\c1ccsc1. The Balaban J connectivity index is 2.06. The summed E-state index contributed by atoms with van der Waals surface area (Å²) in [6.45, 7) is 0. The molecule has 8 heteroatoms. The molecular weight excluding hydrogens is 347 g/mol. The molecule has 1 N–H and O–H groups in total. The van der Waals surface area contributed by atoms with E-state index in [1.807, 2.05) is 16.8 Å². The van der Waals surface area contributed by atoms with Gasteiger partial charge in [-0.05, 0) is 47.2 Å². The average molecular weight is 355 g/mol. The van der Waals surface area contributed by atoms with Crippen LogP contribution in [0.1, 0.15) is 5.56 Å². The first-order valence-corrected chi connectivity index (χ1v) is 7.95. The Morgan fingerprint density at radius 1 is 1.33 bits per heavy atom. The van der Waals surface area contributed by atoms with E-state index < -0.39 is 0 Å². The molecule has 2 aromatic heterocycles. The van der Waals surface area contributed by atoms with Gasteiger partial charge in [0.05, 0.1) is 11.2 Å². The van der Waals surface area contributed by atoms with Gasteiger partial charge in [0.15, 0.2) is 5.82 Å². The maximum Gasteiger partial charge on any atom is 0.216 e. The first-order chi connectivity index (χ1) is 10.1. The van der Waals surface area contributed by atoms with Gasteiger partial charge in [0.1, 0.15) is 0 Å². The van der Waals surface area contributed by atoms with E-state index in [1.54, 1.807) is 35.8 Å². The Morgan fingerprint density at radius 3 is 2.90 bits per heavy atom. The summed E-state index contributed by atoms with van der Waals surface area (Å²) in [7, 11) is 0. The summed E-state index contributed by atoms with van der Waals surface area (Å²) in [6, 6.07) is 7.15. The van der Waals surface area contributed by atoms with Crippen LogP contribution in [0, 0.1) is 4.77 Å². The molecule has 0 bridgehead atoms. The van der Waals surface area contributed by atoms with Gasteiger partial charge in [-0.15, -0.1) is 0 Å². The molecule has 2 heterocycles. The van der Waals surface area contributed by atoms with Crippen LogP contribution >= 0.6 is 46.8 Å². The Labute approximate surface area is 139 Å². The largest absolute Gasteiger partial charge is 0.250 e. The van der Waals surface area contributed by atoms with Gasteiger partial charge < -0.3 is 0 Å². The third kappa shape index (κ3) is 3.08. The van der Waals surface area contributed by atoms with Crippen LogP contribution in [0.4, 0.5) is 0 Å². The van der Waals surface area contributed by atoms with Crippen molar-refractivity contribution in [1.82, 2.24) is 14.9 Å². The fraction of sp³-hybridized carbons (Fsp3) is 0. The van der Waals surface area contributed by atoms with Crippen LogP contribution in [-0.2, 0) is 0 Å². The first-order valence-electron chi connectivity index (χ1n) is 5.84. The Bertz CT molecular complexity index is 849. The lowest BCUT2D eigenvalue weighted by Crippen LogP contribution is -1.95. The molecule has 0 aliphatic heterocycles. The number of H-pyrrole nitrogens is 1. The molecule has 0 amide bonds. The highest BCUT2D eigenvalue weighted by Crippen LogP contribution is 2.29. The van der Waals surface area contributed by atoms with E-state index in [4.69, 9.17) is 35.4 Å². The van der Waals surface area contributed by atoms with Crippen LogP contribution in [0.3, 0.4) is 0 Å². The van der Waals surface area contributed by atoms with E-state index in [0.717, 1.165) is 5.56 Å². The number of aromatic nitrogens is 3. The molecule has 106 valence electrons. The summed E-state index contributed by atoms with van der Waals surface area (Å²) in [4.78, 5) is 0. The summed E-state index contributed by atoms with van der Waals surface area (Å²) in [6.07, 6.45) is 1.72. The lowest BCUT2D eigenvalue weighted by molar-refractivity contribution is 0.872. The molecule has 3 aromatic rings. The standard InChI is InChI=1S/C13H8Cl2N4S2/c14-9-1-2-10(11(15)5-9)12-17-18-13(20)19(12)16-6-8-3-4-21-7-8/h1-7H,(H,18,20)/b16-6-. The van der Waals surface area contributed by atoms with Crippen LogP contribution in [0.2, 0.25) is 10.0 Å². The number of rotatable bonds is 3. The zero-order valence-corrected chi connectivity index (χ0v) is 13.6. The Kier molecular flexibility index (Phi) is 4.21. The maximum atomic E-state index is 6.21. The summed E-state index contributed by atoms with van der Waals surface area (Å²) in [5.41, 5.74) is 1.70. The number of nitrogens with zero attached hydrogens (tertiary/aromatic N) is 3. The van der Waals surface area contributed by atoms with Gasteiger partial charge in [0.25, 0.3) is 0 Å². The number of benzene rings is 1. The summed E-state index contributed by atoms with van der Waals surface area (Å²) in [5.74, 6) is 0.535. The quantitative estimate of drug-likeness (QED) is 0.539. The normalized spacial score (nSPS) is 11.3. The van der Waals surface area contributed by atoms with Crippen molar-refractivity contribution in [2.45, 2.75) is 0 Å². The summed E-state index contributed by atoms with van der Waals surface area (Å²) < 4.78 is 1.92.